The van der Waals surface area contributed by atoms with E-state index in [-0.39, 0.29) is 23.0 Å². The summed E-state index contributed by atoms with van der Waals surface area (Å²) in [5, 5.41) is 4.36. The molecule has 164 valence electrons. The number of aryl methyl sites for hydroxylation is 2. The van der Waals surface area contributed by atoms with Crippen LogP contribution in [0.4, 0.5) is 0 Å². The number of halogens is 1. The van der Waals surface area contributed by atoms with Crippen molar-refractivity contribution in [2.24, 2.45) is 0 Å². The Kier molecular flexibility index (Phi) is 6.06. The van der Waals surface area contributed by atoms with Crippen molar-refractivity contribution >= 4 is 50.2 Å². The molecule has 0 spiro atoms. The summed E-state index contributed by atoms with van der Waals surface area (Å²) in [6.07, 6.45) is 1.67. The van der Waals surface area contributed by atoms with Gasteiger partial charge in [0.2, 0.25) is 11.7 Å². The number of nitrogens with one attached hydrogen (secondary N) is 1. The van der Waals surface area contributed by atoms with Crippen LogP contribution in [0.5, 0.6) is 5.75 Å². The molecule has 9 nitrogen and oxygen atoms in total. The largest absolute Gasteiger partial charge is 0.485 e. The van der Waals surface area contributed by atoms with Gasteiger partial charge in [0.1, 0.15) is 15.5 Å². The van der Waals surface area contributed by atoms with E-state index in [0.29, 0.717) is 38.1 Å². The number of esters is 1. The smallest absolute Gasteiger partial charge is 0.348 e. The number of aromatic amines is 1. The number of ether oxygens (including phenoxy) is 2. The molecule has 1 N–H and O–H groups in total. The number of thiophene rings is 1. The highest BCUT2D eigenvalue weighted by atomic mass is 35.5. The number of hydrogen-bond acceptors (Lipinski definition) is 9. The van der Waals surface area contributed by atoms with Crippen LogP contribution in [-0.4, -0.2) is 33.2 Å². The number of fused-ring (bicyclic) bond motifs is 1. The van der Waals surface area contributed by atoms with Crippen molar-refractivity contribution in [1.29, 1.82) is 0 Å². The molecule has 3 heterocycles. The normalized spacial score (nSPS) is 11.7. The molecule has 0 radical (unpaired) electrons. The second kappa shape index (κ2) is 8.93. The monoisotopic (exact) mass is 472 g/mol. The zero-order valence-corrected chi connectivity index (χ0v) is 18.8. The SMILES string of the molecule is COC(=O)c1sc2nc(/C(Cl)=C/c3ccc(OCc4noc(C)n4)cc3)[nH]c(=O)c2c1C. The number of carbonyl (C=O) groups is 1. The Morgan fingerprint density at radius 2 is 2.00 bits per heavy atom. The van der Waals surface area contributed by atoms with Gasteiger partial charge in [0.25, 0.3) is 5.56 Å². The maximum Gasteiger partial charge on any atom is 0.348 e. The lowest BCUT2D eigenvalue weighted by Gasteiger charge is -2.04. The lowest BCUT2D eigenvalue weighted by molar-refractivity contribution is 0.0605. The summed E-state index contributed by atoms with van der Waals surface area (Å²) in [5.41, 5.74) is 0.933. The Hall–Kier alpha value is -3.50. The fourth-order valence-corrected chi connectivity index (χ4v) is 4.28. The highest BCUT2D eigenvalue weighted by molar-refractivity contribution is 7.20. The summed E-state index contributed by atoms with van der Waals surface area (Å²) < 4.78 is 15.3. The lowest BCUT2D eigenvalue weighted by atomic mass is 10.2. The molecular formula is C21H17ClN4O5S. The van der Waals surface area contributed by atoms with Crippen LogP contribution in [0.25, 0.3) is 21.3 Å². The van der Waals surface area contributed by atoms with Crippen molar-refractivity contribution in [3.63, 3.8) is 0 Å². The fourth-order valence-electron chi connectivity index (χ4n) is 2.97. The van der Waals surface area contributed by atoms with E-state index < -0.39 is 5.97 Å². The molecular weight excluding hydrogens is 456 g/mol. The van der Waals surface area contributed by atoms with Gasteiger partial charge >= 0.3 is 5.97 Å². The first kappa shape index (κ1) is 21.7. The van der Waals surface area contributed by atoms with E-state index in [1.54, 1.807) is 44.2 Å². The van der Waals surface area contributed by atoms with Crippen LogP contribution >= 0.6 is 22.9 Å². The molecule has 0 atom stereocenters. The van der Waals surface area contributed by atoms with Gasteiger partial charge in [-0.3, -0.25) is 4.79 Å². The van der Waals surface area contributed by atoms with Crippen LogP contribution in [0.2, 0.25) is 0 Å². The lowest BCUT2D eigenvalue weighted by Crippen LogP contribution is -2.10. The molecule has 0 aliphatic rings. The number of nitrogens with zero attached hydrogens (tertiary/aromatic N) is 3. The number of hydrogen-bond donors (Lipinski definition) is 1. The van der Waals surface area contributed by atoms with Crippen molar-refractivity contribution in [2.75, 3.05) is 7.11 Å². The van der Waals surface area contributed by atoms with E-state index in [1.165, 1.54) is 7.11 Å². The van der Waals surface area contributed by atoms with Gasteiger partial charge < -0.3 is 19.0 Å². The van der Waals surface area contributed by atoms with E-state index in [1.807, 2.05) is 0 Å². The molecule has 32 heavy (non-hydrogen) atoms. The molecule has 0 fully saturated rings. The minimum absolute atomic E-state index is 0.187. The van der Waals surface area contributed by atoms with Crippen LogP contribution in [0.1, 0.15) is 38.3 Å². The quantitative estimate of drug-likeness (QED) is 0.416. The van der Waals surface area contributed by atoms with Gasteiger partial charge in [-0.25, -0.2) is 9.78 Å². The van der Waals surface area contributed by atoms with Gasteiger partial charge in [0, 0.05) is 6.92 Å². The average molecular weight is 473 g/mol. The number of methoxy groups -OCH3 is 1. The molecule has 3 aromatic heterocycles. The van der Waals surface area contributed by atoms with E-state index in [0.717, 1.165) is 16.9 Å². The van der Waals surface area contributed by atoms with E-state index >= 15 is 0 Å². The minimum Gasteiger partial charge on any atom is -0.485 e. The highest BCUT2D eigenvalue weighted by Crippen LogP contribution is 2.29. The summed E-state index contributed by atoms with van der Waals surface area (Å²) in [4.78, 5) is 36.4. The number of benzene rings is 1. The van der Waals surface area contributed by atoms with E-state index in [9.17, 15) is 9.59 Å². The molecule has 0 saturated carbocycles. The van der Waals surface area contributed by atoms with Gasteiger partial charge in [-0.2, -0.15) is 4.98 Å². The number of rotatable bonds is 6. The third kappa shape index (κ3) is 4.41. The summed E-state index contributed by atoms with van der Waals surface area (Å²) >= 11 is 7.51. The first-order chi connectivity index (χ1) is 15.4. The van der Waals surface area contributed by atoms with Crippen LogP contribution in [0, 0.1) is 13.8 Å². The summed E-state index contributed by atoms with van der Waals surface area (Å²) in [6.45, 7) is 3.58. The molecule has 0 aliphatic heterocycles. The van der Waals surface area contributed by atoms with Gasteiger partial charge in [0.15, 0.2) is 12.4 Å². The molecule has 4 rings (SSSR count). The Labute approximate surface area is 190 Å². The number of carbonyl (C=O) groups excluding carboxylic acids is 1. The van der Waals surface area contributed by atoms with Gasteiger partial charge in [-0.1, -0.05) is 28.9 Å². The molecule has 0 saturated heterocycles. The van der Waals surface area contributed by atoms with Crippen LogP contribution in [0.15, 0.2) is 33.6 Å². The maximum atomic E-state index is 12.6. The van der Waals surface area contributed by atoms with Crippen molar-refractivity contribution < 1.29 is 18.8 Å². The van der Waals surface area contributed by atoms with Gasteiger partial charge in [-0.05, 0) is 36.3 Å². The van der Waals surface area contributed by atoms with Crippen LogP contribution < -0.4 is 10.3 Å². The average Bonchev–Trinajstić information content (AvgIpc) is 3.35. The second-order valence-corrected chi connectivity index (χ2v) is 8.13. The molecule has 0 amide bonds. The van der Waals surface area contributed by atoms with E-state index in [2.05, 4.69) is 20.1 Å². The zero-order valence-electron chi connectivity index (χ0n) is 17.3. The number of aromatic nitrogens is 4. The highest BCUT2D eigenvalue weighted by Gasteiger charge is 2.20. The van der Waals surface area contributed by atoms with Crippen molar-refractivity contribution in [1.82, 2.24) is 20.1 Å². The van der Waals surface area contributed by atoms with Crippen LogP contribution in [0.3, 0.4) is 0 Å². The molecule has 1 aromatic carbocycles. The molecule has 0 bridgehead atoms. The second-order valence-electron chi connectivity index (χ2n) is 6.72. The first-order valence-electron chi connectivity index (χ1n) is 9.37. The first-order valence-corrected chi connectivity index (χ1v) is 10.6. The van der Waals surface area contributed by atoms with Crippen LogP contribution in [-0.2, 0) is 11.3 Å². The third-order valence-corrected chi connectivity index (χ3v) is 5.96. The van der Waals surface area contributed by atoms with Gasteiger partial charge in [0.05, 0.1) is 17.5 Å². The van der Waals surface area contributed by atoms with Gasteiger partial charge in [-0.15, -0.1) is 11.3 Å². The number of H-pyrrole nitrogens is 1. The third-order valence-electron chi connectivity index (χ3n) is 4.51. The Balaban J connectivity index is 1.55. The molecule has 4 aromatic rings. The van der Waals surface area contributed by atoms with Crippen molar-refractivity contribution in [3.05, 3.63) is 68.2 Å². The summed E-state index contributed by atoms with van der Waals surface area (Å²) in [7, 11) is 1.29. The zero-order chi connectivity index (χ0) is 22.8. The molecule has 0 unspecified atom stereocenters. The predicted octanol–water partition coefficient (Wildman–Crippen LogP) is 4.09. The molecule has 0 aliphatic carbocycles. The Morgan fingerprint density at radius 1 is 1.25 bits per heavy atom. The summed E-state index contributed by atoms with van der Waals surface area (Å²) in [5.74, 6) is 1.25. The maximum absolute atomic E-state index is 12.6. The Morgan fingerprint density at radius 3 is 2.66 bits per heavy atom. The van der Waals surface area contributed by atoms with E-state index in [4.69, 9.17) is 25.6 Å². The standard InChI is InChI=1S/C21H17ClN4O5S/c1-10-16-19(27)24-18(25-20(16)32-17(10)21(28)29-3)14(22)8-12-4-6-13(7-5-12)30-9-15-23-11(2)31-26-15/h4-8H,9H2,1-3H3,(H,24,25,27)/b14-8-. The van der Waals surface area contributed by atoms with Crippen molar-refractivity contribution in [2.45, 2.75) is 20.5 Å². The fraction of sp³-hybridized carbons (Fsp3) is 0.190. The Bertz CT molecular complexity index is 1390. The predicted molar refractivity (Wildman–Crippen MR) is 120 cm³/mol. The van der Waals surface area contributed by atoms with Crippen molar-refractivity contribution in [3.8, 4) is 5.75 Å². The molecule has 11 heteroatoms. The summed E-state index contributed by atoms with van der Waals surface area (Å²) in [6, 6.07) is 7.15. The topological polar surface area (TPSA) is 120 Å². The minimum atomic E-state index is -0.509.